The summed E-state index contributed by atoms with van der Waals surface area (Å²) in [5.74, 6) is -0.357. The van der Waals surface area contributed by atoms with E-state index in [0.717, 1.165) is 11.5 Å². The standard InChI is InChI=1S/C18H17N3O5S/c22-10-9-19-27(25,26)13-6-8-16(23)15(11-13)20-21-18-14-4-2-1-3-12(14)5-7-17(18)24/h1-8,11,19,22-24H,9-10H2. The number of nitrogens with one attached hydrogen (secondary N) is 1. The lowest BCUT2D eigenvalue weighted by atomic mass is 10.1. The van der Waals surface area contributed by atoms with Gasteiger partial charge in [0, 0.05) is 11.9 Å². The lowest BCUT2D eigenvalue weighted by Crippen LogP contribution is -2.26. The Kier molecular flexibility index (Phi) is 5.36. The number of azo groups is 1. The van der Waals surface area contributed by atoms with Crippen molar-refractivity contribution in [2.45, 2.75) is 4.90 Å². The highest BCUT2D eigenvalue weighted by Crippen LogP contribution is 2.37. The van der Waals surface area contributed by atoms with Crippen molar-refractivity contribution in [1.29, 1.82) is 0 Å². The Hall–Kier alpha value is -3.01. The number of rotatable bonds is 6. The van der Waals surface area contributed by atoms with Crippen molar-refractivity contribution in [3.05, 3.63) is 54.6 Å². The van der Waals surface area contributed by atoms with Crippen molar-refractivity contribution in [2.24, 2.45) is 10.2 Å². The quantitative estimate of drug-likeness (QED) is 0.483. The average Bonchev–Trinajstić information content (AvgIpc) is 2.66. The number of aromatic hydroxyl groups is 2. The van der Waals surface area contributed by atoms with Crippen LogP contribution in [-0.4, -0.2) is 36.9 Å². The molecule has 0 spiro atoms. The maximum Gasteiger partial charge on any atom is 0.240 e. The highest BCUT2D eigenvalue weighted by atomic mass is 32.2. The second kappa shape index (κ2) is 7.70. The van der Waals surface area contributed by atoms with Gasteiger partial charge in [0.25, 0.3) is 0 Å². The summed E-state index contributed by atoms with van der Waals surface area (Å²) in [5.41, 5.74) is 0.133. The molecule has 0 aromatic heterocycles. The fourth-order valence-electron chi connectivity index (χ4n) is 2.47. The largest absolute Gasteiger partial charge is 0.506 e. The van der Waals surface area contributed by atoms with Crippen LogP contribution in [-0.2, 0) is 10.0 Å². The molecular weight excluding hydrogens is 370 g/mol. The van der Waals surface area contributed by atoms with Gasteiger partial charge in [0.15, 0.2) is 0 Å². The highest BCUT2D eigenvalue weighted by Gasteiger charge is 2.16. The normalized spacial score (nSPS) is 12.0. The summed E-state index contributed by atoms with van der Waals surface area (Å²) in [7, 11) is -3.86. The molecule has 8 nitrogen and oxygen atoms in total. The predicted octanol–water partition coefficient (Wildman–Crippen LogP) is 2.94. The topological polar surface area (TPSA) is 132 Å². The molecule has 27 heavy (non-hydrogen) atoms. The molecule has 9 heteroatoms. The van der Waals surface area contributed by atoms with Crippen molar-refractivity contribution in [3.8, 4) is 11.5 Å². The van der Waals surface area contributed by atoms with E-state index in [9.17, 15) is 18.6 Å². The summed E-state index contributed by atoms with van der Waals surface area (Å²) in [4.78, 5) is -0.134. The maximum atomic E-state index is 12.1. The molecule has 0 bridgehead atoms. The molecular formula is C18H17N3O5S. The molecule has 4 N–H and O–H groups in total. The minimum atomic E-state index is -3.86. The molecule has 0 amide bonds. The van der Waals surface area contributed by atoms with Crippen LogP contribution in [0.5, 0.6) is 11.5 Å². The fraction of sp³-hybridized carbons (Fsp3) is 0.111. The Morgan fingerprint density at radius 1 is 0.926 bits per heavy atom. The molecule has 0 saturated carbocycles. The molecule has 3 aromatic rings. The zero-order chi connectivity index (χ0) is 19.4. The van der Waals surface area contributed by atoms with Crippen molar-refractivity contribution < 1.29 is 23.7 Å². The van der Waals surface area contributed by atoms with Crippen LogP contribution in [0.15, 0.2) is 69.7 Å². The molecule has 0 aliphatic rings. The van der Waals surface area contributed by atoms with Crippen LogP contribution in [0.3, 0.4) is 0 Å². The molecule has 0 atom stereocenters. The van der Waals surface area contributed by atoms with E-state index in [-0.39, 0.29) is 40.9 Å². The minimum Gasteiger partial charge on any atom is -0.506 e. The minimum absolute atomic E-state index is 0.0748. The van der Waals surface area contributed by atoms with Gasteiger partial charge in [-0.1, -0.05) is 30.3 Å². The Labute approximate surface area is 155 Å². The van der Waals surface area contributed by atoms with Crippen molar-refractivity contribution in [3.63, 3.8) is 0 Å². The molecule has 3 aromatic carbocycles. The Bertz CT molecular complexity index is 1110. The number of hydrogen-bond acceptors (Lipinski definition) is 7. The molecule has 0 heterocycles. The maximum absolute atomic E-state index is 12.1. The summed E-state index contributed by atoms with van der Waals surface area (Å²) >= 11 is 0. The first-order valence-electron chi connectivity index (χ1n) is 7.98. The number of benzene rings is 3. The van der Waals surface area contributed by atoms with Gasteiger partial charge in [-0.2, -0.15) is 0 Å². The molecule has 0 unspecified atom stereocenters. The zero-order valence-electron chi connectivity index (χ0n) is 14.1. The van der Waals surface area contributed by atoms with E-state index >= 15 is 0 Å². The van der Waals surface area contributed by atoms with E-state index in [4.69, 9.17) is 5.11 Å². The summed E-state index contributed by atoms with van der Waals surface area (Å²) in [6.07, 6.45) is 0. The van der Waals surface area contributed by atoms with Crippen molar-refractivity contribution in [1.82, 2.24) is 4.72 Å². The van der Waals surface area contributed by atoms with Gasteiger partial charge in [-0.3, -0.25) is 0 Å². The van der Waals surface area contributed by atoms with E-state index in [1.807, 2.05) is 12.1 Å². The van der Waals surface area contributed by atoms with Gasteiger partial charge in [0.05, 0.1) is 11.5 Å². The first-order valence-corrected chi connectivity index (χ1v) is 9.47. The van der Waals surface area contributed by atoms with Gasteiger partial charge in [-0.25, -0.2) is 13.1 Å². The van der Waals surface area contributed by atoms with Gasteiger partial charge in [0.1, 0.15) is 22.9 Å². The highest BCUT2D eigenvalue weighted by molar-refractivity contribution is 7.89. The average molecular weight is 387 g/mol. The van der Waals surface area contributed by atoms with E-state index in [1.165, 1.54) is 18.2 Å². The Morgan fingerprint density at radius 2 is 1.67 bits per heavy atom. The van der Waals surface area contributed by atoms with Crippen LogP contribution in [0.1, 0.15) is 0 Å². The zero-order valence-corrected chi connectivity index (χ0v) is 14.9. The molecule has 0 aliphatic carbocycles. The van der Waals surface area contributed by atoms with E-state index in [1.54, 1.807) is 18.2 Å². The van der Waals surface area contributed by atoms with Crippen molar-refractivity contribution >= 4 is 32.2 Å². The van der Waals surface area contributed by atoms with Gasteiger partial charge >= 0.3 is 0 Å². The number of fused-ring (bicyclic) bond motifs is 1. The second-order valence-corrected chi connectivity index (χ2v) is 7.39. The van der Waals surface area contributed by atoms with Crippen LogP contribution < -0.4 is 4.72 Å². The first kappa shape index (κ1) is 18.8. The van der Waals surface area contributed by atoms with E-state index < -0.39 is 10.0 Å². The van der Waals surface area contributed by atoms with Crippen LogP contribution in [0.2, 0.25) is 0 Å². The molecule has 0 fully saturated rings. The lowest BCUT2D eigenvalue weighted by molar-refractivity contribution is 0.301. The second-order valence-electron chi connectivity index (χ2n) is 5.63. The van der Waals surface area contributed by atoms with Crippen LogP contribution >= 0.6 is 0 Å². The summed E-state index contributed by atoms with van der Waals surface area (Å²) in [6.45, 7) is -0.478. The Balaban J connectivity index is 2.01. The van der Waals surface area contributed by atoms with E-state index in [2.05, 4.69) is 15.0 Å². The van der Waals surface area contributed by atoms with Crippen LogP contribution in [0.4, 0.5) is 11.4 Å². The number of nitrogens with zero attached hydrogens (tertiary/aromatic N) is 2. The summed E-state index contributed by atoms with van der Waals surface area (Å²) in [6, 6.07) is 14.0. The number of aliphatic hydroxyl groups excluding tert-OH is 1. The number of hydrogen-bond donors (Lipinski definition) is 4. The monoisotopic (exact) mass is 387 g/mol. The number of sulfonamides is 1. The molecule has 3 rings (SSSR count). The molecule has 0 radical (unpaired) electrons. The van der Waals surface area contributed by atoms with Gasteiger partial charge in [-0.15, -0.1) is 10.2 Å². The SMILES string of the molecule is O=S(=O)(NCCO)c1ccc(O)c(N=Nc2c(O)ccc3ccccc23)c1. The smallest absolute Gasteiger partial charge is 0.240 e. The lowest BCUT2D eigenvalue weighted by Gasteiger charge is -2.07. The first-order chi connectivity index (χ1) is 12.9. The number of aliphatic hydroxyl groups is 1. The third kappa shape index (κ3) is 4.05. The fourth-order valence-corrected chi connectivity index (χ4v) is 3.51. The number of phenols is 2. The summed E-state index contributed by atoms with van der Waals surface area (Å²) in [5, 5.41) is 38.3. The van der Waals surface area contributed by atoms with Gasteiger partial charge in [0.2, 0.25) is 10.0 Å². The predicted molar refractivity (Wildman–Crippen MR) is 100 cm³/mol. The van der Waals surface area contributed by atoms with Crippen molar-refractivity contribution in [2.75, 3.05) is 13.2 Å². The molecule has 0 saturated heterocycles. The third-order valence-electron chi connectivity index (χ3n) is 3.80. The molecule has 0 aliphatic heterocycles. The van der Waals surface area contributed by atoms with Crippen LogP contribution in [0.25, 0.3) is 10.8 Å². The third-order valence-corrected chi connectivity index (χ3v) is 5.26. The summed E-state index contributed by atoms with van der Waals surface area (Å²) < 4.78 is 26.5. The van der Waals surface area contributed by atoms with Crippen LogP contribution in [0, 0.1) is 0 Å². The Morgan fingerprint density at radius 3 is 2.44 bits per heavy atom. The van der Waals surface area contributed by atoms with Gasteiger partial charge < -0.3 is 15.3 Å². The van der Waals surface area contributed by atoms with Gasteiger partial charge in [-0.05, 0) is 29.7 Å². The number of phenolic OH excluding ortho intramolecular Hbond substituents is 2. The molecule has 140 valence electrons. The van der Waals surface area contributed by atoms with E-state index in [0.29, 0.717) is 5.39 Å².